The van der Waals surface area contributed by atoms with Crippen molar-refractivity contribution >= 4 is 12.0 Å². The van der Waals surface area contributed by atoms with Gasteiger partial charge in [0.25, 0.3) is 0 Å². The van der Waals surface area contributed by atoms with Crippen LogP contribution in [0.25, 0.3) is 0 Å². The molecule has 2 amide bonds. The van der Waals surface area contributed by atoms with Gasteiger partial charge in [-0.05, 0) is 58.8 Å². The first-order valence-electron chi connectivity index (χ1n) is 10.4. The fraction of sp³-hybridized carbons (Fsp3) is 0.900. The first kappa shape index (κ1) is 20.4. The molecule has 27 heavy (non-hydrogen) atoms. The van der Waals surface area contributed by atoms with Crippen molar-refractivity contribution in [3.8, 4) is 0 Å². The molecule has 154 valence electrons. The van der Waals surface area contributed by atoms with E-state index in [1.165, 1.54) is 0 Å². The smallest absolute Gasteiger partial charge is 0.410 e. The van der Waals surface area contributed by atoms with Gasteiger partial charge < -0.3 is 14.5 Å². The summed E-state index contributed by atoms with van der Waals surface area (Å²) in [5.74, 6) is 1.24. The minimum absolute atomic E-state index is 0.0261. The van der Waals surface area contributed by atoms with E-state index in [4.69, 9.17) is 4.74 Å². The van der Waals surface area contributed by atoms with E-state index >= 15 is 0 Å². The molecule has 0 radical (unpaired) electrons. The normalized spacial score (nSPS) is 37.4. The van der Waals surface area contributed by atoms with Gasteiger partial charge in [0.1, 0.15) is 0 Å². The first-order valence-corrected chi connectivity index (χ1v) is 10.4. The SMILES string of the molecule is CC(=O)N1C2CCC(C3CN(C)NC3C)CC2N(C(=O)OC(C)C)C[C@@H]1C. The number of hydrogen-bond acceptors (Lipinski definition) is 5. The van der Waals surface area contributed by atoms with Crippen LogP contribution in [0.5, 0.6) is 0 Å². The number of rotatable bonds is 2. The molecule has 3 aliphatic rings. The summed E-state index contributed by atoms with van der Waals surface area (Å²) in [5, 5.41) is 2.18. The summed E-state index contributed by atoms with van der Waals surface area (Å²) in [5.41, 5.74) is 3.49. The molecule has 0 spiro atoms. The van der Waals surface area contributed by atoms with Crippen LogP contribution in [0, 0.1) is 11.8 Å². The average Bonchev–Trinajstić information content (AvgIpc) is 2.91. The first-order chi connectivity index (χ1) is 12.7. The molecule has 1 aliphatic carbocycles. The molecule has 6 atom stereocenters. The van der Waals surface area contributed by atoms with Crippen LogP contribution in [-0.4, -0.2) is 77.2 Å². The lowest BCUT2D eigenvalue weighted by Crippen LogP contribution is -2.67. The highest BCUT2D eigenvalue weighted by Crippen LogP contribution is 2.40. The van der Waals surface area contributed by atoms with Gasteiger partial charge in [-0.3, -0.25) is 10.2 Å². The highest BCUT2D eigenvalue weighted by Gasteiger charge is 2.49. The molecule has 0 aromatic carbocycles. The molecule has 3 fully saturated rings. The standard InChI is InChI=1S/C20H36N4O3/c1-12(2)27-20(26)23-10-13(3)24(15(5)25)18-8-7-16(9-19(18)23)17-11-22(6)21-14(17)4/h12-14,16-19,21H,7-11H2,1-6H3/t13-,14?,16?,17?,18?,19?/m0/s1. The Morgan fingerprint density at radius 2 is 1.81 bits per heavy atom. The number of hydrazine groups is 1. The summed E-state index contributed by atoms with van der Waals surface area (Å²) < 4.78 is 5.54. The Kier molecular flexibility index (Phi) is 6.01. The molecule has 0 aromatic rings. The van der Waals surface area contributed by atoms with Crippen LogP contribution in [0.3, 0.4) is 0 Å². The van der Waals surface area contributed by atoms with E-state index < -0.39 is 0 Å². The molecule has 5 unspecified atom stereocenters. The fourth-order valence-corrected chi connectivity index (χ4v) is 5.60. The zero-order valence-electron chi connectivity index (χ0n) is 17.6. The van der Waals surface area contributed by atoms with Crippen LogP contribution in [0.4, 0.5) is 4.79 Å². The number of carbonyl (C=O) groups is 2. The maximum Gasteiger partial charge on any atom is 0.410 e. The van der Waals surface area contributed by atoms with E-state index in [1.54, 1.807) is 6.92 Å². The van der Waals surface area contributed by atoms with Gasteiger partial charge in [0, 0.05) is 39.1 Å². The summed E-state index contributed by atoms with van der Waals surface area (Å²) >= 11 is 0. The van der Waals surface area contributed by atoms with Crippen molar-refractivity contribution in [1.82, 2.24) is 20.2 Å². The number of amides is 2. The summed E-state index contributed by atoms with van der Waals surface area (Å²) in [4.78, 5) is 29.1. The summed E-state index contributed by atoms with van der Waals surface area (Å²) in [6.07, 6.45) is 2.64. The predicted octanol–water partition coefficient (Wildman–Crippen LogP) is 2.08. The second-order valence-electron chi connectivity index (χ2n) is 9.03. The predicted molar refractivity (Wildman–Crippen MR) is 104 cm³/mol. The number of nitrogens with one attached hydrogen (secondary N) is 1. The number of hydrogen-bond donors (Lipinski definition) is 1. The van der Waals surface area contributed by atoms with Gasteiger partial charge >= 0.3 is 6.09 Å². The van der Waals surface area contributed by atoms with Crippen molar-refractivity contribution in [2.75, 3.05) is 20.1 Å². The van der Waals surface area contributed by atoms with Crippen molar-refractivity contribution in [3.05, 3.63) is 0 Å². The molecule has 7 nitrogen and oxygen atoms in total. The minimum atomic E-state index is -0.231. The fourth-order valence-electron chi connectivity index (χ4n) is 5.60. The third kappa shape index (κ3) is 4.09. The molecule has 1 saturated carbocycles. The monoisotopic (exact) mass is 380 g/mol. The average molecular weight is 381 g/mol. The zero-order valence-corrected chi connectivity index (χ0v) is 17.6. The summed E-state index contributed by atoms with van der Waals surface area (Å²) in [6, 6.07) is 0.620. The quantitative estimate of drug-likeness (QED) is 0.795. The highest BCUT2D eigenvalue weighted by atomic mass is 16.6. The van der Waals surface area contributed by atoms with E-state index in [-0.39, 0.29) is 36.2 Å². The van der Waals surface area contributed by atoms with Gasteiger partial charge in [-0.2, -0.15) is 0 Å². The van der Waals surface area contributed by atoms with Gasteiger partial charge in [-0.15, -0.1) is 0 Å². The van der Waals surface area contributed by atoms with Crippen LogP contribution in [0.1, 0.15) is 53.9 Å². The van der Waals surface area contributed by atoms with E-state index in [1.807, 2.05) is 30.6 Å². The van der Waals surface area contributed by atoms with E-state index in [9.17, 15) is 9.59 Å². The third-order valence-electron chi connectivity index (χ3n) is 6.61. The molecular formula is C20H36N4O3. The Bertz CT molecular complexity index is 569. The van der Waals surface area contributed by atoms with Crippen molar-refractivity contribution in [3.63, 3.8) is 0 Å². The Balaban J connectivity index is 1.82. The number of carbonyl (C=O) groups excluding carboxylic acids is 2. The zero-order chi connectivity index (χ0) is 19.9. The van der Waals surface area contributed by atoms with Crippen molar-refractivity contribution < 1.29 is 14.3 Å². The largest absolute Gasteiger partial charge is 0.447 e. The molecule has 2 heterocycles. The number of piperazine rings is 1. The minimum Gasteiger partial charge on any atom is -0.447 e. The lowest BCUT2D eigenvalue weighted by atomic mass is 9.72. The number of fused-ring (bicyclic) bond motifs is 1. The molecular weight excluding hydrogens is 344 g/mol. The van der Waals surface area contributed by atoms with Crippen LogP contribution < -0.4 is 5.43 Å². The van der Waals surface area contributed by atoms with Crippen LogP contribution in [0.2, 0.25) is 0 Å². The second-order valence-corrected chi connectivity index (χ2v) is 9.03. The Labute approximate surface area is 163 Å². The highest BCUT2D eigenvalue weighted by molar-refractivity contribution is 5.75. The maximum absolute atomic E-state index is 12.8. The lowest BCUT2D eigenvalue weighted by molar-refractivity contribution is -0.142. The summed E-state index contributed by atoms with van der Waals surface area (Å²) in [6.45, 7) is 11.3. The molecule has 0 bridgehead atoms. The van der Waals surface area contributed by atoms with E-state index in [0.717, 1.165) is 25.8 Å². The van der Waals surface area contributed by atoms with Gasteiger partial charge in [-0.1, -0.05) is 0 Å². The van der Waals surface area contributed by atoms with Gasteiger partial charge in [-0.25, -0.2) is 9.80 Å². The van der Waals surface area contributed by atoms with Gasteiger partial charge in [0.2, 0.25) is 5.91 Å². The van der Waals surface area contributed by atoms with Crippen LogP contribution in [0.15, 0.2) is 0 Å². The van der Waals surface area contributed by atoms with E-state index in [0.29, 0.717) is 24.4 Å². The van der Waals surface area contributed by atoms with Crippen molar-refractivity contribution in [2.24, 2.45) is 11.8 Å². The van der Waals surface area contributed by atoms with Gasteiger partial charge in [0.15, 0.2) is 0 Å². The van der Waals surface area contributed by atoms with Crippen LogP contribution in [-0.2, 0) is 9.53 Å². The third-order valence-corrected chi connectivity index (χ3v) is 6.61. The Hall–Kier alpha value is -1.34. The Morgan fingerprint density at radius 1 is 1.11 bits per heavy atom. The van der Waals surface area contributed by atoms with Crippen molar-refractivity contribution in [2.45, 2.75) is 84.2 Å². The van der Waals surface area contributed by atoms with Crippen LogP contribution >= 0.6 is 0 Å². The summed E-state index contributed by atoms with van der Waals surface area (Å²) in [7, 11) is 2.09. The molecule has 0 aromatic heterocycles. The topological polar surface area (TPSA) is 65.1 Å². The molecule has 2 saturated heterocycles. The number of ether oxygens (including phenoxy) is 1. The van der Waals surface area contributed by atoms with Crippen molar-refractivity contribution in [1.29, 1.82) is 0 Å². The molecule has 2 aliphatic heterocycles. The van der Waals surface area contributed by atoms with E-state index in [2.05, 4.69) is 24.4 Å². The molecule has 3 rings (SSSR count). The maximum atomic E-state index is 12.8. The molecule has 7 heteroatoms. The Morgan fingerprint density at radius 3 is 2.37 bits per heavy atom. The second kappa shape index (κ2) is 7.95. The van der Waals surface area contributed by atoms with Gasteiger partial charge in [0.05, 0.1) is 18.2 Å². The molecule has 1 N–H and O–H groups in total. The number of nitrogens with zero attached hydrogens (tertiary/aromatic N) is 3. The lowest BCUT2D eigenvalue weighted by Gasteiger charge is -2.54.